The summed E-state index contributed by atoms with van der Waals surface area (Å²) in [6.07, 6.45) is 0.673. The van der Waals surface area contributed by atoms with Gasteiger partial charge in [-0.2, -0.15) is 0 Å². The van der Waals surface area contributed by atoms with E-state index in [-0.39, 0.29) is 0 Å². The molecule has 2 aromatic rings. The van der Waals surface area contributed by atoms with E-state index >= 15 is 0 Å². The van der Waals surface area contributed by atoms with Gasteiger partial charge in [-0.25, -0.2) is 0 Å². The summed E-state index contributed by atoms with van der Waals surface area (Å²) in [4.78, 5) is 23.4. The minimum absolute atomic E-state index is 0.392. The normalized spacial score (nSPS) is 9.95. The van der Waals surface area contributed by atoms with E-state index in [1.165, 1.54) is 0 Å². The summed E-state index contributed by atoms with van der Waals surface area (Å²) in [6.45, 7) is 0.402. The summed E-state index contributed by atoms with van der Waals surface area (Å²) in [5.41, 5.74) is 1.52. The zero-order valence-electron chi connectivity index (χ0n) is 11.3. The Morgan fingerprint density at radius 2 is 1.57 bits per heavy atom. The van der Waals surface area contributed by atoms with Crippen LogP contribution in [0.3, 0.4) is 0 Å². The summed E-state index contributed by atoms with van der Waals surface area (Å²) in [5.74, 6) is -1.40. The highest BCUT2D eigenvalue weighted by Gasteiger charge is 2.14. The Balaban J connectivity index is 1.81. The minimum atomic E-state index is -0.726. The van der Waals surface area contributed by atoms with Crippen LogP contribution in [0.4, 0.5) is 5.69 Å². The largest absolute Gasteiger partial charge is 0.347 e. The van der Waals surface area contributed by atoms with Crippen molar-refractivity contribution in [3.8, 4) is 0 Å². The third-order valence-corrected chi connectivity index (χ3v) is 3.20. The van der Waals surface area contributed by atoms with Crippen LogP contribution in [0.25, 0.3) is 0 Å². The number of nitrogens with one attached hydrogen (secondary N) is 2. The van der Waals surface area contributed by atoms with Gasteiger partial charge in [0.25, 0.3) is 0 Å². The molecule has 0 saturated carbocycles. The number of hydrogen-bond donors (Lipinski definition) is 2. The molecule has 0 fully saturated rings. The van der Waals surface area contributed by atoms with E-state index in [1.54, 1.807) is 24.3 Å². The Morgan fingerprint density at radius 3 is 2.29 bits per heavy atom. The molecule has 5 heteroatoms. The van der Waals surface area contributed by atoms with E-state index < -0.39 is 11.8 Å². The lowest BCUT2D eigenvalue weighted by Crippen LogP contribution is -2.36. The van der Waals surface area contributed by atoms with Gasteiger partial charge in [0.05, 0.1) is 10.7 Å². The van der Waals surface area contributed by atoms with Crippen LogP contribution in [0.2, 0.25) is 5.02 Å². The lowest BCUT2D eigenvalue weighted by molar-refractivity contribution is -0.136. The van der Waals surface area contributed by atoms with Crippen LogP contribution in [0.15, 0.2) is 54.6 Å². The number of carbonyl (C=O) groups is 2. The van der Waals surface area contributed by atoms with Crippen molar-refractivity contribution < 1.29 is 9.59 Å². The topological polar surface area (TPSA) is 58.2 Å². The predicted molar refractivity (Wildman–Crippen MR) is 83.2 cm³/mol. The molecule has 0 spiro atoms. The molecule has 2 rings (SSSR count). The summed E-state index contributed by atoms with van der Waals surface area (Å²) in [6, 6.07) is 16.5. The third-order valence-electron chi connectivity index (χ3n) is 2.87. The molecule has 0 aliphatic heterocycles. The number of anilines is 1. The number of para-hydroxylation sites is 1. The van der Waals surface area contributed by atoms with E-state index in [2.05, 4.69) is 10.6 Å². The van der Waals surface area contributed by atoms with Gasteiger partial charge in [0.2, 0.25) is 0 Å². The monoisotopic (exact) mass is 302 g/mol. The van der Waals surface area contributed by atoms with Crippen molar-refractivity contribution in [2.24, 2.45) is 0 Å². The van der Waals surface area contributed by atoms with Gasteiger partial charge in [0.15, 0.2) is 0 Å². The highest BCUT2D eigenvalue weighted by atomic mass is 35.5. The van der Waals surface area contributed by atoms with E-state index in [0.29, 0.717) is 23.7 Å². The van der Waals surface area contributed by atoms with Crippen molar-refractivity contribution >= 4 is 29.1 Å². The maximum atomic E-state index is 11.7. The van der Waals surface area contributed by atoms with Crippen molar-refractivity contribution in [2.75, 3.05) is 11.9 Å². The molecular weight excluding hydrogens is 288 g/mol. The first-order valence-corrected chi connectivity index (χ1v) is 6.92. The number of benzene rings is 2. The number of halogens is 1. The van der Waals surface area contributed by atoms with Gasteiger partial charge in [0, 0.05) is 6.54 Å². The molecular formula is C16H15ClN2O2. The van der Waals surface area contributed by atoms with Crippen LogP contribution >= 0.6 is 11.6 Å². The molecule has 2 amide bonds. The van der Waals surface area contributed by atoms with Crippen molar-refractivity contribution in [3.05, 3.63) is 65.2 Å². The highest BCUT2D eigenvalue weighted by molar-refractivity contribution is 6.41. The van der Waals surface area contributed by atoms with Gasteiger partial charge in [0.1, 0.15) is 0 Å². The van der Waals surface area contributed by atoms with E-state index in [9.17, 15) is 9.59 Å². The van der Waals surface area contributed by atoms with E-state index in [1.807, 2.05) is 30.3 Å². The number of amides is 2. The van der Waals surface area contributed by atoms with Gasteiger partial charge >= 0.3 is 11.8 Å². The minimum Gasteiger partial charge on any atom is -0.347 e. The van der Waals surface area contributed by atoms with Crippen LogP contribution < -0.4 is 10.6 Å². The second-order valence-corrected chi connectivity index (χ2v) is 4.83. The molecule has 108 valence electrons. The molecule has 0 heterocycles. The molecule has 2 N–H and O–H groups in total. The number of hydrogen-bond acceptors (Lipinski definition) is 2. The summed E-state index contributed by atoms with van der Waals surface area (Å²) >= 11 is 5.91. The summed E-state index contributed by atoms with van der Waals surface area (Å²) in [7, 11) is 0. The SMILES string of the molecule is O=C(NCCc1ccccc1)C(=O)Nc1ccccc1Cl. The zero-order chi connectivity index (χ0) is 15.1. The molecule has 2 aromatic carbocycles. The second kappa shape index (κ2) is 7.45. The van der Waals surface area contributed by atoms with Crippen LogP contribution in [0.5, 0.6) is 0 Å². The molecule has 0 aliphatic rings. The second-order valence-electron chi connectivity index (χ2n) is 4.43. The fourth-order valence-electron chi connectivity index (χ4n) is 1.79. The molecule has 0 saturated heterocycles. The molecule has 21 heavy (non-hydrogen) atoms. The van der Waals surface area contributed by atoms with Crippen molar-refractivity contribution in [2.45, 2.75) is 6.42 Å². The maximum absolute atomic E-state index is 11.7. The molecule has 4 nitrogen and oxygen atoms in total. The van der Waals surface area contributed by atoms with Crippen LogP contribution in [-0.2, 0) is 16.0 Å². The average molecular weight is 303 g/mol. The third kappa shape index (κ3) is 4.61. The molecule has 0 aliphatic carbocycles. The van der Waals surface area contributed by atoms with Gasteiger partial charge in [-0.3, -0.25) is 9.59 Å². The quantitative estimate of drug-likeness (QED) is 0.853. The Hall–Kier alpha value is -2.33. The van der Waals surface area contributed by atoms with Crippen LogP contribution in [0, 0.1) is 0 Å². The predicted octanol–water partition coefficient (Wildman–Crippen LogP) is 2.64. The number of rotatable bonds is 4. The van der Waals surface area contributed by atoms with Crippen LogP contribution in [0.1, 0.15) is 5.56 Å². The first-order chi connectivity index (χ1) is 10.2. The Kier molecular flexibility index (Phi) is 5.35. The summed E-state index contributed by atoms with van der Waals surface area (Å²) in [5, 5.41) is 5.44. The number of carbonyl (C=O) groups excluding carboxylic acids is 2. The fourth-order valence-corrected chi connectivity index (χ4v) is 1.97. The van der Waals surface area contributed by atoms with Gasteiger partial charge in [-0.15, -0.1) is 0 Å². The van der Waals surface area contributed by atoms with E-state index in [4.69, 9.17) is 11.6 Å². The van der Waals surface area contributed by atoms with E-state index in [0.717, 1.165) is 5.56 Å². The fraction of sp³-hybridized carbons (Fsp3) is 0.125. The average Bonchev–Trinajstić information content (AvgIpc) is 2.50. The first kappa shape index (κ1) is 15.1. The molecule has 0 bridgehead atoms. The van der Waals surface area contributed by atoms with Crippen molar-refractivity contribution in [1.29, 1.82) is 0 Å². The van der Waals surface area contributed by atoms with Gasteiger partial charge in [-0.1, -0.05) is 54.1 Å². The van der Waals surface area contributed by atoms with Gasteiger partial charge in [-0.05, 0) is 24.1 Å². The maximum Gasteiger partial charge on any atom is 0.313 e. The molecule has 0 radical (unpaired) electrons. The van der Waals surface area contributed by atoms with Crippen LogP contribution in [-0.4, -0.2) is 18.4 Å². The smallest absolute Gasteiger partial charge is 0.313 e. The standard InChI is InChI=1S/C16H15ClN2O2/c17-13-8-4-5-9-14(13)19-16(21)15(20)18-11-10-12-6-2-1-3-7-12/h1-9H,10-11H2,(H,18,20)(H,19,21). The Bertz CT molecular complexity index is 629. The Morgan fingerprint density at radius 1 is 0.905 bits per heavy atom. The summed E-state index contributed by atoms with van der Waals surface area (Å²) < 4.78 is 0. The molecule has 0 aromatic heterocycles. The van der Waals surface area contributed by atoms with Crippen molar-refractivity contribution in [1.82, 2.24) is 5.32 Å². The lowest BCUT2D eigenvalue weighted by Gasteiger charge is -2.07. The zero-order valence-corrected chi connectivity index (χ0v) is 12.1. The Labute approximate surface area is 128 Å². The van der Waals surface area contributed by atoms with Crippen molar-refractivity contribution in [3.63, 3.8) is 0 Å². The molecule has 0 unspecified atom stereocenters. The molecule has 0 atom stereocenters. The first-order valence-electron chi connectivity index (χ1n) is 6.54. The lowest BCUT2D eigenvalue weighted by atomic mass is 10.1. The highest BCUT2D eigenvalue weighted by Crippen LogP contribution is 2.20. The van der Waals surface area contributed by atoms with Gasteiger partial charge < -0.3 is 10.6 Å².